The molecular formula is C19H26N2O6. The predicted octanol–water partition coefficient (Wildman–Crippen LogP) is 3.79. The number of carbonyl (C=O) groups excluding carboxylic acids is 2. The van der Waals surface area contributed by atoms with Crippen molar-refractivity contribution < 1.29 is 24.0 Å². The van der Waals surface area contributed by atoms with Crippen LogP contribution < -0.4 is 0 Å². The Bertz CT molecular complexity index is 710. The van der Waals surface area contributed by atoms with E-state index in [0.717, 1.165) is 0 Å². The fraction of sp³-hybridized carbons (Fsp3) is 0.579. The molecule has 0 aromatic heterocycles. The summed E-state index contributed by atoms with van der Waals surface area (Å²) >= 11 is 0. The number of piperidine rings is 1. The zero-order valence-corrected chi connectivity index (χ0v) is 16.3. The van der Waals surface area contributed by atoms with Crippen molar-refractivity contribution >= 4 is 17.7 Å². The average molecular weight is 378 g/mol. The normalized spacial score (nSPS) is 22.9. The summed E-state index contributed by atoms with van der Waals surface area (Å²) in [7, 11) is 0. The first-order valence-corrected chi connectivity index (χ1v) is 8.93. The van der Waals surface area contributed by atoms with Crippen molar-refractivity contribution in [3.05, 3.63) is 39.9 Å². The summed E-state index contributed by atoms with van der Waals surface area (Å²) in [5.41, 5.74) is -0.395. The Kier molecular flexibility index (Phi) is 6.08. The van der Waals surface area contributed by atoms with E-state index >= 15 is 0 Å². The molecule has 1 aromatic rings. The van der Waals surface area contributed by atoms with Crippen LogP contribution in [0.1, 0.15) is 51.4 Å². The molecule has 1 fully saturated rings. The molecule has 1 heterocycles. The van der Waals surface area contributed by atoms with E-state index < -0.39 is 16.5 Å². The van der Waals surface area contributed by atoms with Crippen molar-refractivity contribution in [3.63, 3.8) is 0 Å². The Balaban J connectivity index is 1.99. The van der Waals surface area contributed by atoms with E-state index in [1.165, 1.54) is 24.3 Å². The van der Waals surface area contributed by atoms with Crippen LogP contribution in [0.3, 0.4) is 0 Å². The van der Waals surface area contributed by atoms with Gasteiger partial charge in [-0.15, -0.1) is 0 Å². The number of nitro benzene ring substituents is 1. The number of hydrogen-bond donors (Lipinski definition) is 0. The topological polar surface area (TPSA) is 99.0 Å². The number of esters is 1. The van der Waals surface area contributed by atoms with E-state index in [1.807, 2.05) is 34.6 Å². The highest BCUT2D eigenvalue weighted by atomic mass is 16.6. The van der Waals surface area contributed by atoms with Crippen LogP contribution in [0.2, 0.25) is 0 Å². The Morgan fingerprint density at radius 1 is 1.19 bits per heavy atom. The maximum Gasteiger partial charge on any atom is 0.410 e. The number of hydrogen-bond acceptors (Lipinski definition) is 6. The number of amides is 1. The van der Waals surface area contributed by atoms with Crippen LogP contribution in [-0.4, -0.2) is 46.2 Å². The highest BCUT2D eigenvalue weighted by Crippen LogP contribution is 2.27. The summed E-state index contributed by atoms with van der Waals surface area (Å²) in [4.78, 5) is 36.5. The highest BCUT2D eigenvalue weighted by molar-refractivity contribution is 5.89. The van der Waals surface area contributed by atoms with Gasteiger partial charge < -0.3 is 14.4 Å². The molecule has 3 atom stereocenters. The van der Waals surface area contributed by atoms with Gasteiger partial charge in [-0.25, -0.2) is 9.59 Å². The largest absolute Gasteiger partial charge is 0.458 e. The maximum atomic E-state index is 12.4. The van der Waals surface area contributed by atoms with Crippen LogP contribution in [-0.2, 0) is 9.47 Å². The third kappa shape index (κ3) is 5.42. The fourth-order valence-corrected chi connectivity index (χ4v) is 2.97. The molecule has 0 N–H and O–H groups in total. The smallest absolute Gasteiger partial charge is 0.410 e. The SMILES string of the molecule is C[C@@H]1CN(C(=O)OC(C)(C)C)[C@H](C)C[C@@H]1OC(=O)c1ccc([N+](=O)[O-])cc1. The number of non-ortho nitro benzene ring substituents is 1. The Hall–Kier alpha value is -2.64. The first-order chi connectivity index (χ1) is 12.5. The van der Waals surface area contributed by atoms with Gasteiger partial charge in [-0.05, 0) is 39.8 Å². The van der Waals surface area contributed by atoms with Gasteiger partial charge in [-0.1, -0.05) is 6.92 Å². The maximum absolute atomic E-state index is 12.4. The molecule has 1 aliphatic rings. The van der Waals surface area contributed by atoms with E-state index in [1.54, 1.807) is 4.90 Å². The van der Waals surface area contributed by atoms with Crippen LogP contribution in [0.25, 0.3) is 0 Å². The summed E-state index contributed by atoms with van der Waals surface area (Å²) in [6, 6.07) is 5.17. The number of likely N-dealkylation sites (tertiary alicyclic amines) is 1. The van der Waals surface area contributed by atoms with E-state index in [2.05, 4.69) is 0 Å². The molecule has 0 spiro atoms. The predicted molar refractivity (Wildman–Crippen MR) is 98.5 cm³/mol. The van der Waals surface area contributed by atoms with Crippen molar-refractivity contribution in [1.29, 1.82) is 0 Å². The van der Waals surface area contributed by atoms with E-state index in [0.29, 0.717) is 13.0 Å². The summed E-state index contributed by atoms with van der Waals surface area (Å²) in [6.45, 7) is 9.68. The van der Waals surface area contributed by atoms with Crippen molar-refractivity contribution in [2.45, 2.75) is 58.8 Å². The highest BCUT2D eigenvalue weighted by Gasteiger charge is 2.37. The lowest BCUT2D eigenvalue weighted by atomic mass is 9.92. The molecule has 0 unspecified atom stereocenters. The monoisotopic (exact) mass is 378 g/mol. The standard InChI is InChI=1S/C19H26N2O6/c1-12-11-20(18(23)27-19(3,4)5)13(2)10-16(12)26-17(22)14-6-8-15(9-7-14)21(24)25/h6-9,12-13,16H,10-11H2,1-5H3/t12-,13-,16+/m1/s1. The molecule has 0 radical (unpaired) electrons. The van der Waals surface area contributed by atoms with Crippen LogP contribution in [0.15, 0.2) is 24.3 Å². The van der Waals surface area contributed by atoms with E-state index in [-0.39, 0.29) is 35.4 Å². The van der Waals surface area contributed by atoms with Crippen LogP contribution in [0.5, 0.6) is 0 Å². The molecule has 148 valence electrons. The van der Waals surface area contributed by atoms with Gasteiger partial charge in [-0.3, -0.25) is 10.1 Å². The van der Waals surface area contributed by atoms with Gasteiger partial charge in [0.1, 0.15) is 11.7 Å². The van der Waals surface area contributed by atoms with Crippen LogP contribution >= 0.6 is 0 Å². The third-order valence-electron chi connectivity index (χ3n) is 4.43. The van der Waals surface area contributed by atoms with Gasteiger partial charge in [-0.2, -0.15) is 0 Å². The van der Waals surface area contributed by atoms with Gasteiger partial charge in [0.2, 0.25) is 0 Å². The number of carbonyl (C=O) groups is 2. The molecule has 2 rings (SSSR count). The molecule has 1 aromatic carbocycles. The van der Waals surface area contributed by atoms with Gasteiger partial charge in [0.15, 0.2) is 0 Å². The van der Waals surface area contributed by atoms with Gasteiger partial charge in [0.05, 0.1) is 10.5 Å². The summed E-state index contributed by atoms with van der Waals surface area (Å²) in [5.74, 6) is -0.588. The molecule has 1 amide bonds. The number of benzene rings is 1. The average Bonchev–Trinajstić information content (AvgIpc) is 2.56. The molecular weight excluding hydrogens is 352 g/mol. The molecule has 1 aliphatic heterocycles. The van der Waals surface area contributed by atoms with Gasteiger partial charge >= 0.3 is 12.1 Å². The minimum absolute atomic E-state index is 0.0595. The second-order valence-electron chi connectivity index (χ2n) is 7.94. The number of ether oxygens (including phenoxy) is 2. The van der Waals surface area contributed by atoms with Gasteiger partial charge in [0, 0.05) is 37.1 Å². The molecule has 0 saturated carbocycles. The Morgan fingerprint density at radius 3 is 2.30 bits per heavy atom. The van der Waals surface area contributed by atoms with E-state index in [9.17, 15) is 19.7 Å². The fourth-order valence-electron chi connectivity index (χ4n) is 2.97. The summed E-state index contributed by atoms with van der Waals surface area (Å²) in [6.07, 6.45) is -0.220. The first-order valence-electron chi connectivity index (χ1n) is 8.93. The molecule has 8 nitrogen and oxygen atoms in total. The third-order valence-corrected chi connectivity index (χ3v) is 4.43. The quantitative estimate of drug-likeness (QED) is 0.451. The minimum atomic E-state index is -0.570. The second-order valence-corrected chi connectivity index (χ2v) is 7.94. The minimum Gasteiger partial charge on any atom is -0.458 e. The summed E-state index contributed by atoms with van der Waals surface area (Å²) in [5, 5.41) is 10.7. The lowest BCUT2D eigenvalue weighted by Crippen LogP contribution is -2.52. The molecule has 0 aliphatic carbocycles. The van der Waals surface area contributed by atoms with E-state index in [4.69, 9.17) is 9.47 Å². The zero-order valence-electron chi connectivity index (χ0n) is 16.3. The first kappa shape index (κ1) is 20.7. The van der Waals surface area contributed by atoms with Crippen molar-refractivity contribution in [3.8, 4) is 0 Å². The molecule has 8 heteroatoms. The Labute approximate surface area is 158 Å². The van der Waals surface area contributed by atoms with Crippen molar-refractivity contribution in [1.82, 2.24) is 4.90 Å². The zero-order chi connectivity index (χ0) is 20.4. The lowest BCUT2D eigenvalue weighted by Gasteiger charge is -2.41. The molecule has 27 heavy (non-hydrogen) atoms. The van der Waals surface area contributed by atoms with Crippen molar-refractivity contribution in [2.75, 3.05) is 6.54 Å². The van der Waals surface area contributed by atoms with Crippen LogP contribution in [0, 0.1) is 16.0 Å². The van der Waals surface area contributed by atoms with Crippen LogP contribution in [0.4, 0.5) is 10.5 Å². The number of rotatable bonds is 3. The number of nitro groups is 1. The molecule has 0 bridgehead atoms. The van der Waals surface area contributed by atoms with Crippen molar-refractivity contribution in [2.24, 2.45) is 5.92 Å². The van der Waals surface area contributed by atoms with Gasteiger partial charge in [0.25, 0.3) is 5.69 Å². The lowest BCUT2D eigenvalue weighted by molar-refractivity contribution is -0.384. The number of nitrogens with zero attached hydrogens (tertiary/aromatic N) is 2. The summed E-state index contributed by atoms with van der Waals surface area (Å²) < 4.78 is 11.0. The second kappa shape index (κ2) is 7.94. The molecule has 1 saturated heterocycles. The Morgan fingerprint density at radius 2 is 1.78 bits per heavy atom.